The fourth-order valence-electron chi connectivity index (χ4n) is 2.07. The average molecular weight is 303 g/mol. The van der Waals surface area contributed by atoms with Crippen LogP contribution in [0, 0.1) is 6.92 Å². The highest BCUT2D eigenvalue weighted by molar-refractivity contribution is 9.10. The summed E-state index contributed by atoms with van der Waals surface area (Å²) in [5.74, 6) is 0. The van der Waals surface area contributed by atoms with Crippen molar-refractivity contribution in [1.29, 1.82) is 0 Å². The molecule has 5 heteroatoms. The van der Waals surface area contributed by atoms with Crippen LogP contribution in [0.4, 0.5) is 0 Å². The predicted molar refractivity (Wildman–Crippen MR) is 75.4 cm³/mol. The minimum atomic E-state index is 0.459. The van der Waals surface area contributed by atoms with Crippen LogP contribution in [0.5, 0.6) is 0 Å². The summed E-state index contributed by atoms with van der Waals surface area (Å²) in [7, 11) is 6.22. The number of halogens is 1. The van der Waals surface area contributed by atoms with Crippen molar-refractivity contribution in [2.24, 2.45) is 7.05 Å². The van der Waals surface area contributed by atoms with Crippen LogP contribution in [0.2, 0.25) is 0 Å². The van der Waals surface area contributed by atoms with Crippen molar-refractivity contribution in [2.75, 3.05) is 27.2 Å². The summed E-state index contributed by atoms with van der Waals surface area (Å²) in [6.45, 7) is 6.20. The van der Waals surface area contributed by atoms with E-state index < -0.39 is 0 Å². The normalized spacial score (nSPS) is 13.4. The van der Waals surface area contributed by atoms with Crippen molar-refractivity contribution < 1.29 is 0 Å². The molecule has 1 atom stereocenters. The summed E-state index contributed by atoms with van der Waals surface area (Å²) in [6, 6.07) is 0.459. The quantitative estimate of drug-likeness (QED) is 0.866. The SMILES string of the molecule is CCNC(Cc1c(Br)c(C)nn1C)CN(C)C. The maximum atomic E-state index is 4.43. The minimum absolute atomic E-state index is 0.459. The van der Waals surface area contributed by atoms with Crippen LogP contribution in [0.1, 0.15) is 18.3 Å². The van der Waals surface area contributed by atoms with Crippen molar-refractivity contribution >= 4 is 15.9 Å². The van der Waals surface area contributed by atoms with E-state index in [1.54, 1.807) is 0 Å². The number of nitrogens with one attached hydrogen (secondary N) is 1. The number of aromatic nitrogens is 2. The van der Waals surface area contributed by atoms with Gasteiger partial charge in [0.15, 0.2) is 0 Å². The van der Waals surface area contributed by atoms with Gasteiger partial charge in [-0.25, -0.2) is 0 Å². The second-order valence-corrected chi connectivity index (χ2v) is 5.48. The predicted octanol–water partition coefficient (Wildman–Crippen LogP) is 1.57. The molecule has 17 heavy (non-hydrogen) atoms. The largest absolute Gasteiger partial charge is 0.313 e. The number of likely N-dealkylation sites (N-methyl/N-ethyl adjacent to an activating group) is 2. The van der Waals surface area contributed by atoms with E-state index in [-0.39, 0.29) is 0 Å². The van der Waals surface area contributed by atoms with Crippen molar-refractivity contribution in [3.63, 3.8) is 0 Å². The first-order chi connectivity index (χ1) is 7.95. The third-order valence-electron chi connectivity index (χ3n) is 2.78. The van der Waals surface area contributed by atoms with E-state index in [2.05, 4.69) is 52.3 Å². The van der Waals surface area contributed by atoms with E-state index in [1.807, 2.05) is 18.7 Å². The number of rotatable bonds is 6. The number of aryl methyl sites for hydroxylation is 2. The van der Waals surface area contributed by atoms with Gasteiger partial charge in [-0.1, -0.05) is 6.92 Å². The van der Waals surface area contributed by atoms with Gasteiger partial charge in [0.05, 0.1) is 15.9 Å². The Kier molecular flexibility index (Phi) is 5.62. The summed E-state index contributed by atoms with van der Waals surface area (Å²) in [5, 5.41) is 7.95. The molecule has 1 aromatic rings. The van der Waals surface area contributed by atoms with Gasteiger partial charge in [0.2, 0.25) is 0 Å². The van der Waals surface area contributed by atoms with Gasteiger partial charge in [-0.05, 0) is 43.5 Å². The molecule has 0 amide bonds. The summed E-state index contributed by atoms with van der Waals surface area (Å²) in [6.07, 6.45) is 0.990. The number of nitrogens with zero attached hydrogens (tertiary/aromatic N) is 3. The lowest BCUT2D eigenvalue weighted by atomic mass is 10.1. The molecular weight excluding hydrogens is 280 g/mol. The Morgan fingerprint density at radius 1 is 1.47 bits per heavy atom. The molecule has 1 aromatic heterocycles. The van der Waals surface area contributed by atoms with Gasteiger partial charge in [0.1, 0.15) is 0 Å². The van der Waals surface area contributed by atoms with E-state index in [0.717, 1.165) is 29.7 Å². The Balaban J connectivity index is 2.78. The molecule has 1 rings (SSSR count). The van der Waals surface area contributed by atoms with Gasteiger partial charge in [-0.2, -0.15) is 5.10 Å². The Morgan fingerprint density at radius 2 is 2.12 bits per heavy atom. The monoisotopic (exact) mass is 302 g/mol. The van der Waals surface area contributed by atoms with E-state index in [9.17, 15) is 0 Å². The average Bonchev–Trinajstić information content (AvgIpc) is 2.44. The fraction of sp³-hybridized carbons (Fsp3) is 0.750. The Bertz CT molecular complexity index is 360. The second kappa shape index (κ2) is 6.52. The van der Waals surface area contributed by atoms with Crippen molar-refractivity contribution in [3.8, 4) is 0 Å². The van der Waals surface area contributed by atoms with E-state index in [0.29, 0.717) is 6.04 Å². The van der Waals surface area contributed by atoms with Gasteiger partial charge in [0, 0.05) is 26.1 Å². The van der Waals surface area contributed by atoms with Gasteiger partial charge in [0.25, 0.3) is 0 Å². The van der Waals surface area contributed by atoms with Crippen LogP contribution in [0.25, 0.3) is 0 Å². The molecule has 1 heterocycles. The second-order valence-electron chi connectivity index (χ2n) is 4.69. The Morgan fingerprint density at radius 3 is 2.53 bits per heavy atom. The smallest absolute Gasteiger partial charge is 0.0738 e. The molecule has 4 nitrogen and oxygen atoms in total. The Labute approximate surface area is 113 Å². The van der Waals surface area contributed by atoms with Gasteiger partial charge in [-0.15, -0.1) is 0 Å². The van der Waals surface area contributed by atoms with Crippen LogP contribution in [0.15, 0.2) is 4.47 Å². The van der Waals surface area contributed by atoms with E-state index >= 15 is 0 Å². The molecule has 0 spiro atoms. The molecule has 0 bridgehead atoms. The molecule has 0 aromatic carbocycles. The highest BCUT2D eigenvalue weighted by Gasteiger charge is 2.16. The topological polar surface area (TPSA) is 33.1 Å². The molecule has 0 aliphatic heterocycles. The third kappa shape index (κ3) is 4.08. The summed E-state index contributed by atoms with van der Waals surface area (Å²) in [4.78, 5) is 2.21. The first-order valence-corrected chi connectivity index (χ1v) is 6.81. The van der Waals surface area contributed by atoms with E-state index in [1.165, 1.54) is 5.69 Å². The molecule has 1 N–H and O–H groups in total. The number of hydrogen-bond acceptors (Lipinski definition) is 3. The lowest BCUT2D eigenvalue weighted by Crippen LogP contribution is -2.40. The fourth-order valence-corrected chi connectivity index (χ4v) is 2.56. The maximum Gasteiger partial charge on any atom is 0.0738 e. The highest BCUT2D eigenvalue weighted by Crippen LogP contribution is 2.21. The molecule has 0 radical (unpaired) electrons. The molecule has 0 fully saturated rings. The zero-order chi connectivity index (χ0) is 13.0. The van der Waals surface area contributed by atoms with Gasteiger partial charge < -0.3 is 10.2 Å². The third-order valence-corrected chi connectivity index (χ3v) is 3.81. The van der Waals surface area contributed by atoms with Crippen molar-refractivity contribution in [3.05, 3.63) is 15.9 Å². The first kappa shape index (κ1) is 14.7. The molecule has 0 saturated carbocycles. The van der Waals surface area contributed by atoms with Gasteiger partial charge in [-0.3, -0.25) is 4.68 Å². The summed E-state index contributed by atoms with van der Waals surface area (Å²) >= 11 is 3.62. The molecule has 98 valence electrons. The highest BCUT2D eigenvalue weighted by atomic mass is 79.9. The van der Waals surface area contributed by atoms with Crippen LogP contribution >= 0.6 is 15.9 Å². The summed E-state index contributed by atoms with van der Waals surface area (Å²) < 4.78 is 3.11. The first-order valence-electron chi connectivity index (χ1n) is 6.01. The minimum Gasteiger partial charge on any atom is -0.313 e. The Hall–Kier alpha value is -0.390. The van der Waals surface area contributed by atoms with Crippen LogP contribution in [-0.4, -0.2) is 47.9 Å². The van der Waals surface area contributed by atoms with Crippen LogP contribution in [-0.2, 0) is 13.5 Å². The molecule has 1 unspecified atom stereocenters. The van der Waals surface area contributed by atoms with Gasteiger partial charge >= 0.3 is 0 Å². The van der Waals surface area contributed by atoms with E-state index in [4.69, 9.17) is 0 Å². The molecular formula is C12H23BrN4. The van der Waals surface area contributed by atoms with Crippen molar-refractivity contribution in [1.82, 2.24) is 20.0 Å². The van der Waals surface area contributed by atoms with Crippen LogP contribution < -0.4 is 5.32 Å². The van der Waals surface area contributed by atoms with Crippen molar-refractivity contribution in [2.45, 2.75) is 26.3 Å². The standard InChI is InChI=1S/C12H23BrN4/c1-6-14-10(8-16(3)4)7-11-12(13)9(2)15-17(11)5/h10,14H,6-8H2,1-5H3. The van der Waals surface area contributed by atoms with Crippen LogP contribution in [0.3, 0.4) is 0 Å². The molecule has 0 aliphatic rings. The maximum absolute atomic E-state index is 4.43. The lowest BCUT2D eigenvalue weighted by molar-refractivity contribution is 0.336. The summed E-state index contributed by atoms with van der Waals surface area (Å²) in [5.41, 5.74) is 2.32. The zero-order valence-corrected chi connectivity index (χ0v) is 13.0. The zero-order valence-electron chi connectivity index (χ0n) is 11.4. The lowest BCUT2D eigenvalue weighted by Gasteiger charge is -2.22. The molecule has 0 aliphatic carbocycles. The number of hydrogen-bond donors (Lipinski definition) is 1. The molecule has 0 saturated heterocycles.